The first-order valence-electron chi connectivity index (χ1n) is 12.7. The average Bonchev–Trinajstić information content (AvgIpc) is 3.12. The number of aliphatic hydroxyl groups excluding tert-OH is 1. The Labute approximate surface area is 209 Å². The smallest absolute Gasteiger partial charge is 0.295 e. The summed E-state index contributed by atoms with van der Waals surface area (Å²) < 4.78 is 5.77. The third-order valence-corrected chi connectivity index (χ3v) is 6.59. The topological polar surface area (TPSA) is 70.1 Å². The van der Waals surface area contributed by atoms with E-state index < -0.39 is 17.7 Å². The Bertz CT molecular complexity index is 1040. The summed E-state index contributed by atoms with van der Waals surface area (Å²) in [5, 5.41) is 11.3. The molecule has 1 unspecified atom stereocenters. The van der Waals surface area contributed by atoms with Crippen LogP contribution in [0.5, 0.6) is 5.75 Å². The fraction of sp³-hybridized carbons (Fsp3) is 0.448. The molecule has 1 fully saturated rings. The van der Waals surface area contributed by atoms with Gasteiger partial charge in [0.2, 0.25) is 0 Å². The molecule has 1 aliphatic rings. The molecule has 1 heterocycles. The molecule has 0 saturated carbocycles. The van der Waals surface area contributed by atoms with Crippen molar-refractivity contribution in [3.63, 3.8) is 0 Å². The second-order valence-corrected chi connectivity index (χ2v) is 9.01. The number of unbranched alkanes of at least 4 members (excludes halogenated alkanes) is 2. The number of aliphatic hydroxyl groups is 1. The predicted octanol–water partition coefficient (Wildman–Crippen LogP) is 5.33. The van der Waals surface area contributed by atoms with Crippen LogP contribution in [0.15, 0.2) is 54.1 Å². The second kappa shape index (κ2) is 12.5. The number of carbonyl (C=O) groups excluding carboxylic acids is 2. The molecule has 3 rings (SSSR count). The highest BCUT2D eigenvalue weighted by atomic mass is 16.5. The summed E-state index contributed by atoms with van der Waals surface area (Å²) in [6, 6.07) is 14.2. The predicted molar refractivity (Wildman–Crippen MR) is 139 cm³/mol. The van der Waals surface area contributed by atoms with Crippen molar-refractivity contribution >= 4 is 17.4 Å². The number of ketones is 1. The van der Waals surface area contributed by atoms with E-state index in [9.17, 15) is 14.7 Å². The van der Waals surface area contributed by atoms with Gasteiger partial charge in [-0.1, -0.05) is 63.4 Å². The summed E-state index contributed by atoms with van der Waals surface area (Å²) in [4.78, 5) is 30.2. The lowest BCUT2D eigenvalue weighted by Gasteiger charge is -2.28. The highest BCUT2D eigenvalue weighted by molar-refractivity contribution is 6.46. The number of aryl methyl sites for hydroxylation is 1. The maximum Gasteiger partial charge on any atom is 0.295 e. The number of nitrogens with zero attached hydrogens (tertiary/aromatic N) is 2. The molecule has 6 nitrogen and oxygen atoms in total. The summed E-state index contributed by atoms with van der Waals surface area (Å²) in [5.41, 5.74) is 2.48. The standard InChI is InChI=1S/C29H38N2O4/c1-5-8-9-19-35-24-15-13-22(14-16-24)27(32)25-26(23-12-10-11-21(4)20-23)31(29(34)28(25)33)18-17-30(6-2)7-3/h10-16,20,26,32H,5-9,17-19H2,1-4H3/b27-25-. The molecule has 1 atom stereocenters. The Morgan fingerprint density at radius 1 is 1.03 bits per heavy atom. The molecule has 1 aliphatic heterocycles. The van der Waals surface area contributed by atoms with Gasteiger partial charge in [-0.3, -0.25) is 9.59 Å². The minimum absolute atomic E-state index is 0.136. The molecular formula is C29H38N2O4. The number of benzene rings is 2. The van der Waals surface area contributed by atoms with Crippen molar-refractivity contribution in [2.75, 3.05) is 32.8 Å². The van der Waals surface area contributed by atoms with Gasteiger partial charge in [-0.2, -0.15) is 0 Å². The van der Waals surface area contributed by atoms with Gasteiger partial charge in [0.25, 0.3) is 11.7 Å². The van der Waals surface area contributed by atoms with Gasteiger partial charge in [-0.05, 0) is 56.3 Å². The number of ether oxygens (including phenoxy) is 1. The van der Waals surface area contributed by atoms with Gasteiger partial charge in [0, 0.05) is 18.7 Å². The normalized spacial score (nSPS) is 17.4. The lowest BCUT2D eigenvalue weighted by Crippen LogP contribution is -2.38. The van der Waals surface area contributed by atoms with Crippen molar-refractivity contribution in [2.24, 2.45) is 0 Å². The van der Waals surface area contributed by atoms with E-state index in [1.807, 2.05) is 31.2 Å². The molecule has 1 N–H and O–H groups in total. The minimum atomic E-state index is -0.645. The van der Waals surface area contributed by atoms with E-state index >= 15 is 0 Å². The van der Waals surface area contributed by atoms with E-state index in [2.05, 4.69) is 25.7 Å². The fourth-order valence-corrected chi connectivity index (χ4v) is 4.49. The maximum absolute atomic E-state index is 13.2. The van der Waals surface area contributed by atoms with E-state index in [0.29, 0.717) is 31.0 Å². The molecule has 6 heteroatoms. The maximum atomic E-state index is 13.2. The van der Waals surface area contributed by atoms with Crippen molar-refractivity contribution in [2.45, 2.75) is 53.0 Å². The third-order valence-electron chi connectivity index (χ3n) is 6.59. The number of Topliss-reactive ketones (excluding diaryl/α,β-unsaturated/α-hetero) is 1. The van der Waals surface area contributed by atoms with Crippen LogP contribution in [0.1, 0.15) is 62.8 Å². The number of likely N-dealkylation sites (tertiary alicyclic amines) is 1. The van der Waals surface area contributed by atoms with Crippen molar-refractivity contribution in [3.05, 3.63) is 70.8 Å². The van der Waals surface area contributed by atoms with E-state index in [-0.39, 0.29) is 11.3 Å². The number of likely N-dealkylation sites (N-methyl/N-ethyl adjacent to an activating group) is 1. The quantitative estimate of drug-likeness (QED) is 0.193. The largest absolute Gasteiger partial charge is 0.507 e. The molecule has 35 heavy (non-hydrogen) atoms. The first-order chi connectivity index (χ1) is 16.9. The molecule has 0 aromatic heterocycles. The van der Waals surface area contributed by atoms with E-state index in [1.165, 1.54) is 0 Å². The summed E-state index contributed by atoms with van der Waals surface area (Å²) in [6.07, 6.45) is 3.24. The summed E-state index contributed by atoms with van der Waals surface area (Å²) >= 11 is 0. The molecule has 2 aromatic rings. The van der Waals surface area contributed by atoms with Crippen molar-refractivity contribution in [3.8, 4) is 5.75 Å². The Morgan fingerprint density at radius 3 is 2.37 bits per heavy atom. The Hall–Kier alpha value is -3.12. The van der Waals surface area contributed by atoms with Gasteiger partial charge < -0.3 is 19.6 Å². The van der Waals surface area contributed by atoms with Crippen LogP contribution in [0.4, 0.5) is 0 Å². The van der Waals surface area contributed by atoms with Gasteiger partial charge in [0.05, 0.1) is 18.2 Å². The molecule has 188 valence electrons. The van der Waals surface area contributed by atoms with E-state index in [1.54, 1.807) is 29.2 Å². The average molecular weight is 479 g/mol. The lowest BCUT2D eigenvalue weighted by molar-refractivity contribution is -0.140. The molecule has 0 bridgehead atoms. The number of hydrogen-bond donors (Lipinski definition) is 1. The van der Waals surface area contributed by atoms with Crippen LogP contribution in [0.2, 0.25) is 0 Å². The highest BCUT2D eigenvalue weighted by Gasteiger charge is 2.45. The Balaban J connectivity index is 1.95. The first-order valence-corrected chi connectivity index (χ1v) is 12.7. The molecule has 0 aliphatic carbocycles. The number of rotatable bonds is 12. The van der Waals surface area contributed by atoms with Crippen molar-refractivity contribution in [1.82, 2.24) is 9.80 Å². The molecule has 1 amide bonds. The van der Waals surface area contributed by atoms with E-state index in [4.69, 9.17) is 4.74 Å². The SMILES string of the molecule is CCCCCOc1ccc(/C(O)=C2/C(=O)C(=O)N(CCN(CC)CC)C2c2cccc(C)c2)cc1. The molecule has 0 radical (unpaired) electrons. The lowest BCUT2D eigenvalue weighted by atomic mass is 9.94. The number of hydrogen-bond acceptors (Lipinski definition) is 5. The van der Waals surface area contributed by atoms with Gasteiger partial charge >= 0.3 is 0 Å². The Morgan fingerprint density at radius 2 is 1.74 bits per heavy atom. The minimum Gasteiger partial charge on any atom is -0.507 e. The van der Waals surface area contributed by atoms with E-state index in [0.717, 1.165) is 43.5 Å². The zero-order chi connectivity index (χ0) is 25.4. The van der Waals surface area contributed by atoms with Gasteiger partial charge in [-0.25, -0.2) is 0 Å². The van der Waals surface area contributed by atoms with Crippen LogP contribution < -0.4 is 4.74 Å². The summed E-state index contributed by atoms with van der Waals surface area (Å²) in [6.45, 7) is 11.7. The summed E-state index contributed by atoms with van der Waals surface area (Å²) in [5.74, 6) is -0.653. The third kappa shape index (κ3) is 6.31. The monoisotopic (exact) mass is 478 g/mol. The Kier molecular flexibility index (Phi) is 9.49. The molecule has 1 saturated heterocycles. The van der Waals surface area contributed by atoms with Crippen LogP contribution in [0, 0.1) is 6.92 Å². The van der Waals surface area contributed by atoms with Gasteiger partial charge in [0.1, 0.15) is 11.5 Å². The second-order valence-electron chi connectivity index (χ2n) is 9.01. The molecular weight excluding hydrogens is 440 g/mol. The van der Waals surface area contributed by atoms with Crippen molar-refractivity contribution in [1.29, 1.82) is 0 Å². The first kappa shape index (κ1) is 26.5. The molecule has 0 spiro atoms. The van der Waals surface area contributed by atoms with Gasteiger partial charge in [-0.15, -0.1) is 0 Å². The van der Waals surface area contributed by atoms with Crippen LogP contribution in [0.25, 0.3) is 5.76 Å². The fourth-order valence-electron chi connectivity index (χ4n) is 4.49. The number of amides is 1. The van der Waals surface area contributed by atoms with Crippen LogP contribution in [-0.4, -0.2) is 59.4 Å². The van der Waals surface area contributed by atoms with Crippen LogP contribution in [0.3, 0.4) is 0 Å². The summed E-state index contributed by atoms with van der Waals surface area (Å²) in [7, 11) is 0. The van der Waals surface area contributed by atoms with Gasteiger partial charge in [0.15, 0.2) is 0 Å². The molecule has 2 aromatic carbocycles. The highest BCUT2D eigenvalue weighted by Crippen LogP contribution is 2.39. The van der Waals surface area contributed by atoms with Crippen molar-refractivity contribution < 1.29 is 19.4 Å². The zero-order valence-corrected chi connectivity index (χ0v) is 21.4. The number of carbonyl (C=O) groups is 2. The van der Waals surface area contributed by atoms with Crippen LogP contribution >= 0.6 is 0 Å². The zero-order valence-electron chi connectivity index (χ0n) is 21.4. The van der Waals surface area contributed by atoms with Crippen LogP contribution in [-0.2, 0) is 9.59 Å².